The van der Waals surface area contributed by atoms with Gasteiger partial charge in [0.15, 0.2) is 0 Å². The summed E-state index contributed by atoms with van der Waals surface area (Å²) in [6.45, 7) is 4.75. The highest BCUT2D eigenvalue weighted by atomic mass is 16.5. The number of esters is 1. The maximum atomic E-state index is 11.8. The van der Waals surface area contributed by atoms with E-state index in [-0.39, 0.29) is 24.2 Å². The highest BCUT2D eigenvalue weighted by Gasteiger charge is 2.49. The third-order valence-corrected chi connectivity index (χ3v) is 3.23. The lowest BCUT2D eigenvalue weighted by Gasteiger charge is -2.34. The number of hydrogen-bond acceptors (Lipinski definition) is 4. The van der Waals surface area contributed by atoms with Crippen LogP contribution in [0.15, 0.2) is 0 Å². The minimum Gasteiger partial charge on any atom is -0.469 e. The summed E-state index contributed by atoms with van der Waals surface area (Å²) in [5.41, 5.74) is -0.497. The van der Waals surface area contributed by atoms with Gasteiger partial charge in [-0.05, 0) is 13.8 Å². The Bertz CT molecular complexity index is 288. The standard InChI is InChI=1S/C11H19NO4/c1-11(2)8(10(14)16-4)7-9(13)12(11)5-6-15-3/h8H,5-7H2,1-4H3. The third kappa shape index (κ3) is 2.19. The second-order valence-electron chi connectivity index (χ2n) is 4.47. The third-order valence-electron chi connectivity index (χ3n) is 3.23. The topological polar surface area (TPSA) is 55.8 Å². The van der Waals surface area contributed by atoms with Crippen molar-refractivity contribution in [3.05, 3.63) is 0 Å². The molecule has 0 radical (unpaired) electrons. The van der Waals surface area contributed by atoms with E-state index in [2.05, 4.69) is 0 Å². The van der Waals surface area contributed by atoms with E-state index in [1.165, 1.54) is 7.11 Å². The SMILES string of the molecule is COCCN1C(=O)CC(C(=O)OC)C1(C)C. The Morgan fingerprint density at radius 1 is 1.50 bits per heavy atom. The quantitative estimate of drug-likeness (QED) is 0.656. The van der Waals surface area contributed by atoms with Gasteiger partial charge in [0.2, 0.25) is 5.91 Å². The van der Waals surface area contributed by atoms with Crippen molar-refractivity contribution in [2.75, 3.05) is 27.4 Å². The fraction of sp³-hybridized carbons (Fsp3) is 0.818. The molecule has 1 heterocycles. The molecule has 1 atom stereocenters. The van der Waals surface area contributed by atoms with Crippen LogP contribution in [0.3, 0.4) is 0 Å². The molecule has 5 nitrogen and oxygen atoms in total. The fourth-order valence-corrected chi connectivity index (χ4v) is 2.15. The summed E-state index contributed by atoms with van der Waals surface area (Å²) in [5.74, 6) is -0.724. The van der Waals surface area contributed by atoms with Crippen LogP contribution in [0, 0.1) is 5.92 Å². The summed E-state index contributed by atoms with van der Waals surface area (Å²) < 4.78 is 9.68. The molecule has 0 aliphatic carbocycles. The molecule has 16 heavy (non-hydrogen) atoms. The lowest BCUT2D eigenvalue weighted by Crippen LogP contribution is -2.47. The number of nitrogens with zero attached hydrogens (tertiary/aromatic N) is 1. The van der Waals surface area contributed by atoms with Gasteiger partial charge in [-0.3, -0.25) is 9.59 Å². The maximum Gasteiger partial charge on any atom is 0.311 e. The number of carbonyl (C=O) groups is 2. The second kappa shape index (κ2) is 4.82. The molecule has 1 aliphatic heterocycles. The number of rotatable bonds is 4. The molecule has 0 spiro atoms. The van der Waals surface area contributed by atoms with E-state index in [1.807, 2.05) is 13.8 Å². The number of ether oxygens (including phenoxy) is 2. The first-order chi connectivity index (χ1) is 7.45. The van der Waals surface area contributed by atoms with Crippen molar-refractivity contribution >= 4 is 11.9 Å². The van der Waals surface area contributed by atoms with Gasteiger partial charge in [0.05, 0.1) is 25.2 Å². The molecule has 5 heteroatoms. The Hall–Kier alpha value is -1.10. The van der Waals surface area contributed by atoms with Crippen molar-refractivity contribution in [3.8, 4) is 0 Å². The summed E-state index contributed by atoms with van der Waals surface area (Å²) in [7, 11) is 2.94. The van der Waals surface area contributed by atoms with Crippen molar-refractivity contribution in [2.24, 2.45) is 5.92 Å². The highest BCUT2D eigenvalue weighted by molar-refractivity contribution is 5.88. The predicted octanol–water partition coefficient (Wildman–Crippen LogP) is 0.433. The molecule has 92 valence electrons. The minimum atomic E-state index is -0.497. The Balaban J connectivity index is 2.81. The van der Waals surface area contributed by atoms with Crippen LogP contribution >= 0.6 is 0 Å². The molecule has 0 bridgehead atoms. The second-order valence-corrected chi connectivity index (χ2v) is 4.47. The van der Waals surface area contributed by atoms with Crippen molar-refractivity contribution in [3.63, 3.8) is 0 Å². The van der Waals surface area contributed by atoms with Crippen LogP contribution in [0.2, 0.25) is 0 Å². The summed E-state index contributed by atoms with van der Waals surface area (Å²) in [6.07, 6.45) is 0.226. The van der Waals surface area contributed by atoms with Gasteiger partial charge in [0.1, 0.15) is 0 Å². The maximum absolute atomic E-state index is 11.8. The number of methoxy groups -OCH3 is 2. The summed E-state index contributed by atoms with van der Waals surface area (Å²) in [5, 5.41) is 0. The highest BCUT2D eigenvalue weighted by Crippen LogP contribution is 2.35. The van der Waals surface area contributed by atoms with Crippen molar-refractivity contribution in [1.82, 2.24) is 4.90 Å². The summed E-state index contributed by atoms with van der Waals surface area (Å²) in [4.78, 5) is 25.0. The fourth-order valence-electron chi connectivity index (χ4n) is 2.15. The van der Waals surface area contributed by atoms with Crippen molar-refractivity contribution in [2.45, 2.75) is 25.8 Å². The molecule has 0 aromatic carbocycles. The van der Waals surface area contributed by atoms with Crippen LogP contribution < -0.4 is 0 Å². The van der Waals surface area contributed by atoms with E-state index in [9.17, 15) is 9.59 Å². The average molecular weight is 229 g/mol. The molecular formula is C11H19NO4. The normalized spacial score (nSPS) is 23.6. The minimum absolute atomic E-state index is 0.0162. The Morgan fingerprint density at radius 2 is 2.12 bits per heavy atom. The smallest absolute Gasteiger partial charge is 0.311 e. The molecule has 0 saturated carbocycles. The molecule has 0 aromatic heterocycles. The number of amides is 1. The van der Waals surface area contributed by atoms with Gasteiger partial charge < -0.3 is 14.4 Å². The van der Waals surface area contributed by atoms with E-state index >= 15 is 0 Å². The first-order valence-corrected chi connectivity index (χ1v) is 5.32. The zero-order valence-corrected chi connectivity index (χ0v) is 10.3. The van der Waals surface area contributed by atoms with Gasteiger partial charge in [0, 0.05) is 20.1 Å². The van der Waals surface area contributed by atoms with E-state index < -0.39 is 5.54 Å². The van der Waals surface area contributed by atoms with Gasteiger partial charge in [0.25, 0.3) is 0 Å². The average Bonchev–Trinajstić information content (AvgIpc) is 2.46. The summed E-state index contributed by atoms with van der Waals surface area (Å²) >= 11 is 0. The Labute approximate surface area is 95.7 Å². The Morgan fingerprint density at radius 3 is 2.62 bits per heavy atom. The van der Waals surface area contributed by atoms with Crippen LogP contribution in [0.4, 0.5) is 0 Å². The van der Waals surface area contributed by atoms with E-state index in [4.69, 9.17) is 9.47 Å². The van der Waals surface area contributed by atoms with Crippen LogP contribution in [0.25, 0.3) is 0 Å². The molecular weight excluding hydrogens is 210 g/mol. The number of likely N-dealkylation sites (tertiary alicyclic amines) is 1. The summed E-state index contributed by atoms with van der Waals surface area (Å²) in [6, 6.07) is 0. The van der Waals surface area contributed by atoms with Crippen LogP contribution in [0.1, 0.15) is 20.3 Å². The largest absolute Gasteiger partial charge is 0.469 e. The van der Waals surface area contributed by atoms with Crippen LogP contribution in [-0.2, 0) is 19.1 Å². The van der Waals surface area contributed by atoms with Gasteiger partial charge in [-0.2, -0.15) is 0 Å². The molecule has 1 unspecified atom stereocenters. The molecule has 1 rings (SSSR count). The van der Waals surface area contributed by atoms with E-state index in [0.717, 1.165) is 0 Å². The number of carbonyl (C=O) groups excluding carboxylic acids is 2. The van der Waals surface area contributed by atoms with Crippen LogP contribution in [0.5, 0.6) is 0 Å². The monoisotopic (exact) mass is 229 g/mol. The van der Waals surface area contributed by atoms with Gasteiger partial charge in [-0.25, -0.2) is 0 Å². The predicted molar refractivity (Wildman–Crippen MR) is 57.8 cm³/mol. The first kappa shape index (κ1) is 13.0. The van der Waals surface area contributed by atoms with Gasteiger partial charge >= 0.3 is 5.97 Å². The first-order valence-electron chi connectivity index (χ1n) is 5.32. The van der Waals surface area contributed by atoms with Gasteiger partial charge in [-0.15, -0.1) is 0 Å². The zero-order chi connectivity index (χ0) is 12.3. The lowest BCUT2D eigenvalue weighted by atomic mass is 9.88. The van der Waals surface area contributed by atoms with Crippen molar-refractivity contribution in [1.29, 1.82) is 0 Å². The number of hydrogen-bond donors (Lipinski definition) is 0. The molecule has 1 saturated heterocycles. The van der Waals surface area contributed by atoms with Crippen LogP contribution in [-0.4, -0.2) is 49.7 Å². The molecule has 1 aliphatic rings. The zero-order valence-electron chi connectivity index (χ0n) is 10.3. The van der Waals surface area contributed by atoms with Crippen molar-refractivity contribution < 1.29 is 19.1 Å². The lowest BCUT2D eigenvalue weighted by molar-refractivity contribution is -0.148. The molecule has 0 N–H and O–H groups in total. The Kier molecular flexibility index (Phi) is 3.91. The van der Waals surface area contributed by atoms with E-state index in [0.29, 0.717) is 13.2 Å². The molecule has 0 aromatic rings. The van der Waals surface area contributed by atoms with E-state index in [1.54, 1.807) is 12.0 Å². The molecule has 1 amide bonds. The van der Waals surface area contributed by atoms with Gasteiger partial charge in [-0.1, -0.05) is 0 Å². The molecule has 1 fully saturated rings.